The van der Waals surface area contributed by atoms with E-state index < -0.39 is 26.3 Å². The molecule has 0 aliphatic heterocycles. The average molecular weight is 261 g/mol. The van der Waals surface area contributed by atoms with E-state index in [0.717, 1.165) is 0 Å². The summed E-state index contributed by atoms with van der Waals surface area (Å²) in [6.45, 7) is 10.2. The highest BCUT2D eigenvalue weighted by Crippen LogP contribution is 2.37. The van der Waals surface area contributed by atoms with Crippen molar-refractivity contribution >= 4 is 20.2 Å². The van der Waals surface area contributed by atoms with E-state index in [9.17, 15) is 9.59 Å². The third kappa shape index (κ3) is 5.32. The predicted octanol–water partition coefficient (Wildman–Crippen LogP) is 1.73. The van der Waals surface area contributed by atoms with Gasteiger partial charge in [-0.3, -0.25) is 9.59 Å². The maximum Gasteiger partial charge on any atom is 0.303 e. The average Bonchev–Trinajstić information content (AvgIpc) is 2.09. The standard InChI is InChI=1S/C11H23NO4Si/c1-11(2,3)17(4,5)16-8(10(12)15)6-7-9(13)14/h8H,6-7H2,1-5H3,(H2,12,15)(H,13,14)/t8-/m1/s1. The van der Waals surface area contributed by atoms with Crippen LogP contribution in [0.4, 0.5) is 0 Å². The monoisotopic (exact) mass is 261 g/mol. The van der Waals surface area contributed by atoms with Crippen molar-refractivity contribution in [1.82, 2.24) is 0 Å². The summed E-state index contributed by atoms with van der Waals surface area (Å²) < 4.78 is 5.82. The molecule has 0 radical (unpaired) electrons. The molecule has 3 N–H and O–H groups in total. The first-order valence-electron chi connectivity index (χ1n) is 5.66. The molecule has 0 saturated heterocycles. The van der Waals surface area contributed by atoms with Gasteiger partial charge >= 0.3 is 5.97 Å². The minimum absolute atomic E-state index is 0.0378. The van der Waals surface area contributed by atoms with Crippen LogP contribution < -0.4 is 5.73 Å². The number of hydrogen-bond donors (Lipinski definition) is 2. The summed E-state index contributed by atoms with van der Waals surface area (Å²) >= 11 is 0. The SMILES string of the molecule is CC(C)(C)[Si](C)(C)O[C@H](CCC(=O)O)C(N)=O. The summed E-state index contributed by atoms with van der Waals surface area (Å²) in [5.74, 6) is -1.54. The van der Waals surface area contributed by atoms with Crippen LogP contribution in [0.5, 0.6) is 0 Å². The number of amides is 1. The van der Waals surface area contributed by atoms with Crippen molar-refractivity contribution in [3.05, 3.63) is 0 Å². The van der Waals surface area contributed by atoms with Crippen LogP contribution in [0.1, 0.15) is 33.6 Å². The van der Waals surface area contributed by atoms with Gasteiger partial charge in [-0.15, -0.1) is 0 Å². The van der Waals surface area contributed by atoms with Crippen molar-refractivity contribution in [3.63, 3.8) is 0 Å². The molecular weight excluding hydrogens is 238 g/mol. The zero-order chi connectivity index (χ0) is 13.9. The van der Waals surface area contributed by atoms with E-state index in [1.165, 1.54) is 0 Å². The number of nitrogens with two attached hydrogens (primary N) is 1. The molecule has 0 bridgehead atoms. The second kappa shape index (κ2) is 5.64. The highest BCUT2D eigenvalue weighted by atomic mass is 28.4. The number of primary amides is 1. The van der Waals surface area contributed by atoms with Gasteiger partial charge in [0.15, 0.2) is 8.32 Å². The molecule has 0 aromatic heterocycles. The molecule has 0 aliphatic rings. The highest BCUT2D eigenvalue weighted by molar-refractivity contribution is 6.74. The topological polar surface area (TPSA) is 89.6 Å². The predicted molar refractivity (Wildman–Crippen MR) is 68.1 cm³/mol. The van der Waals surface area contributed by atoms with Crippen LogP contribution in [0.15, 0.2) is 0 Å². The minimum Gasteiger partial charge on any atom is -0.481 e. The molecule has 0 heterocycles. The Balaban J connectivity index is 4.66. The first-order valence-corrected chi connectivity index (χ1v) is 8.57. The van der Waals surface area contributed by atoms with Gasteiger partial charge in [0, 0.05) is 6.42 Å². The van der Waals surface area contributed by atoms with Crippen LogP contribution >= 0.6 is 0 Å². The minimum atomic E-state index is -2.10. The molecule has 1 atom stereocenters. The molecule has 0 saturated carbocycles. The molecule has 100 valence electrons. The largest absolute Gasteiger partial charge is 0.481 e. The third-order valence-electron chi connectivity index (χ3n) is 3.18. The highest BCUT2D eigenvalue weighted by Gasteiger charge is 2.40. The molecule has 0 unspecified atom stereocenters. The summed E-state index contributed by atoms with van der Waals surface area (Å²) in [6.07, 6.45) is -0.772. The number of rotatable bonds is 6. The zero-order valence-electron chi connectivity index (χ0n) is 11.2. The Morgan fingerprint density at radius 1 is 1.35 bits per heavy atom. The molecule has 5 nitrogen and oxygen atoms in total. The van der Waals surface area contributed by atoms with Gasteiger partial charge in [-0.1, -0.05) is 20.8 Å². The van der Waals surface area contributed by atoms with Gasteiger partial charge in [0.2, 0.25) is 5.91 Å². The third-order valence-corrected chi connectivity index (χ3v) is 7.67. The van der Waals surface area contributed by atoms with E-state index in [2.05, 4.69) is 20.8 Å². The van der Waals surface area contributed by atoms with E-state index in [4.69, 9.17) is 15.3 Å². The number of carboxylic acid groups (broad SMARTS) is 1. The van der Waals surface area contributed by atoms with E-state index in [-0.39, 0.29) is 17.9 Å². The summed E-state index contributed by atoms with van der Waals surface area (Å²) in [5.41, 5.74) is 5.24. The Morgan fingerprint density at radius 3 is 2.12 bits per heavy atom. The number of carbonyl (C=O) groups is 2. The van der Waals surface area contributed by atoms with Crippen molar-refractivity contribution in [2.45, 2.75) is 57.8 Å². The summed E-state index contributed by atoms with van der Waals surface area (Å²) in [6, 6.07) is 0. The van der Waals surface area contributed by atoms with Gasteiger partial charge < -0.3 is 15.3 Å². The second-order valence-electron chi connectivity index (χ2n) is 5.70. The van der Waals surface area contributed by atoms with Crippen molar-refractivity contribution in [1.29, 1.82) is 0 Å². The Bertz CT molecular complexity index is 296. The number of aliphatic carboxylic acids is 1. The lowest BCUT2D eigenvalue weighted by Crippen LogP contribution is -2.47. The zero-order valence-corrected chi connectivity index (χ0v) is 12.2. The Morgan fingerprint density at radius 2 is 1.82 bits per heavy atom. The van der Waals surface area contributed by atoms with Gasteiger partial charge in [0.25, 0.3) is 0 Å². The first kappa shape index (κ1) is 16.1. The lowest BCUT2D eigenvalue weighted by atomic mass is 10.2. The molecule has 0 aliphatic carbocycles. The van der Waals surface area contributed by atoms with Crippen LogP contribution in [0.25, 0.3) is 0 Å². The first-order chi connectivity index (χ1) is 7.47. The fourth-order valence-electron chi connectivity index (χ4n) is 1.05. The lowest BCUT2D eigenvalue weighted by Gasteiger charge is -2.38. The summed E-state index contributed by atoms with van der Waals surface area (Å²) in [4.78, 5) is 21.7. The van der Waals surface area contributed by atoms with Crippen LogP contribution in [0.3, 0.4) is 0 Å². The van der Waals surface area contributed by atoms with Gasteiger partial charge in [-0.25, -0.2) is 0 Å². The molecule has 6 heteroatoms. The van der Waals surface area contributed by atoms with Crippen molar-refractivity contribution < 1.29 is 19.1 Å². The van der Waals surface area contributed by atoms with E-state index in [0.29, 0.717) is 0 Å². The van der Waals surface area contributed by atoms with Crippen LogP contribution in [-0.2, 0) is 14.0 Å². The van der Waals surface area contributed by atoms with Crippen LogP contribution in [0, 0.1) is 0 Å². The molecule has 0 rings (SSSR count). The van der Waals surface area contributed by atoms with Gasteiger partial charge in [-0.2, -0.15) is 0 Å². The molecule has 17 heavy (non-hydrogen) atoms. The maximum absolute atomic E-state index is 11.2. The van der Waals surface area contributed by atoms with Crippen LogP contribution in [0.2, 0.25) is 18.1 Å². The molecule has 0 spiro atoms. The second-order valence-corrected chi connectivity index (χ2v) is 10.5. The lowest BCUT2D eigenvalue weighted by molar-refractivity contribution is -0.138. The van der Waals surface area contributed by atoms with E-state index >= 15 is 0 Å². The quantitative estimate of drug-likeness (QED) is 0.712. The Kier molecular flexibility index (Phi) is 5.34. The van der Waals surface area contributed by atoms with Gasteiger partial charge in [-0.05, 0) is 24.6 Å². The molecule has 0 fully saturated rings. The summed E-state index contributed by atoms with van der Waals surface area (Å²) in [7, 11) is -2.10. The number of carbonyl (C=O) groups excluding carboxylic acids is 1. The van der Waals surface area contributed by atoms with Crippen molar-refractivity contribution in [2.24, 2.45) is 5.73 Å². The van der Waals surface area contributed by atoms with Crippen LogP contribution in [-0.4, -0.2) is 31.4 Å². The number of carboxylic acids is 1. The Labute approximate surface area is 103 Å². The Hall–Kier alpha value is -0.883. The smallest absolute Gasteiger partial charge is 0.303 e. The maximum atomic E-state index is 11.2. The number of hydrogen-bond acceptors (Lipinski definition) is 3. The normalized spacial score (nSPS) is 14.4. The molecule has 0 aromatic rings. The molecular formula is C11H23NO4Si. The van der Waals surface area contributed by atoms with E-state index in [1.54, 1.807) is 0 Å². The van der Waals surface area contributed by atoms with Crippen molar-refractivity contribution in [2.75, 3.05) is 0 Å². The fraction of sp³-hybridized carbons (Fsp3) is 0.818. The van der Waals surface area contributed by atoms with Gasteiger partial charge in [0.05, 0.1) is 0 Å². The molecule has 1 amide bonds. The summed E-state index contributed by atoms with van der Waals surface area (Å²) in [5, 5.41) is 8.57. The van der Waals surface area contributed by atoms with E-state index in [1.807, 2.05) is 13.1 Å². The fourth-order valence-corrected chi connectivity index (χ4v) is 2.35. The van der Waals surface area contributed by atoms with Crippen molar-refractivity contribution in [3.8, 4) is 0 Å². The molecule has 0 aromatic carbocycles. The van der Waals surface area contributed by atoms with Gasteiger partial charge in [0.1, 0.15) is 6.10 Å².